The quantitative estimate of drug-likeness (QED) is 0.516. The Labute approximate surface area is 150 Å². The molecule has 6 nitrogen and oxygen atoms in total. The zero-order chi connectivity index (χ0) is 18.9. The van der Waals surface area contributed by atoms with E-state index in [1.165, 1.54) is 0 Å². The van der Waals surface area contributed by atoms with Gasteiger partial charge in [-0.15, -0.1) is 0 Å². The van der Waals surface area contributed by atoms with Crippen LogP contribution in [0.25, 0.3) is 0 Å². The Morgan fingerprint density at radius 1 is 1.24 bits per heavy atom. The summed E-state index contributed by atoms with van der Waals surface area (Å²) in [6.07, 6.45) is 4.09. The third kappa shape index (κ3) is 9.08. The molecule has 6 heteroatoms. The number of hydrogen-bond donors (Lipinski definition) is 2. The van der Waals surface area contributed by atoms with E-state index >= 15 is 0 Å². The summed E-state index contributed by atoms with van der Waals surface area (Å²) in [6.45, 7) is 10.2. The topological polar surface area (TPSA) is 80.3 Å². The predicted octanol–water partition coefficient (Wildman–Crippen LogP) is 4.17. The van der Waals surface area contributed by atoms with Gasteiger partial charge < -0.3 is 15.4 Å². The first kappa shape index (κ1) is 20.9. The Kier molecular flexibility index (Phi) is 8.38. The average Bonchev–Trinajstić information content (AvgIpc) is 2.53. The van der Waals surface area contributed by atoms with Crippen LogP contribution < -0.4 is 10.6 Å². The van der Waals surface area contributed by atoms with Gasteiger partial charge in [0.2, 0.25) is 0 Å². The molecular weight excluding hydrogens is 318 g/mol. The fourth-order valence-electron chi connectivity index (χ4n) is 2.06. The number of rotatable bonds is 9. The second-order valence-electron chi connectivity index (χ2n) is 7.19. The number of nitrogens with one attached hydrogen (secondary N) is 2. The Balaban J connectivity index is 2.27. The van der Waals surface area contributed by atoms with Crippen LogP contribution in [0.2, 0.25) is 0 Å². The number of amides is 1. The first-order valence-electron chi connectivity index (χ1n) is 8.94. The standard InChI is InChI=1S/C19H31N3O3/c1-6-14(2)22-17-11-10-15(13-21-17)16(23)9-7-8-12-20-18(24)25-19(3,4)5/h10-11,13-14H,6-9,12H2,1-5H3,(H,20,24)(H,21,22)/t14-/m0/s1. The molecule has 0 aliphatic carbocycles. The van der Waals surface area contributed by atoms with E-state index in [1.54, 1.807) is 12.3 Å². The third-order valence-corrected chi connectivity index (χ3v) is 3.59. The number of hydrogen-bond acceptors (Lipinski definition) is 5. The number of anilines is 1. The van der Waals surface area contributed by atoms with E-state index in [2.05, 4.69) is 29.5 Å². The minimum Gasteiger partial charge on any atom is -0.444 e. The summed E-state index contributed by atoms with van der Waals surface area (Å²) < 4.78 is 5.15. The van der Waals surface area contributed by atoms with Gasteiger partial charge in [-0.05, 0) is 59.1 Å². The van der Waals surface area contributed by atoms with Gasteiger partial charge in [-0.1, -0.05) is 6.92 Å². The van der Waals surface area contributed by atoms with Crippen molar-refractivity contribution in [3.05, 3.63) is 23.9 Å². The third-order valence-electron chi connectivity index (χ3n) is 3.59. The second-order valence-corrected chi connectivity index (χ2v) is 7.19. The van der Waals surface area contributed by atoms with Crippen LogP contribution in [0.4, 0.5) is 10.6 Å². The van der Waals surface area contributed by atoms with Crippen molar-refractivity contribution in [2.24, 2.45) is 0 Å². The van der Waals surface area contributed by atoms with Crippen molar-refractivity contribution in [3.8, 4) is 0 Å². The lowest BCUT2D eigenvalue weighted by molar-refractivity contribution is 0.0527. The van der Waals surface area contributed by atoms with E-state index in [1.807, 2.05) is 26.8 Å². The number of ketones is 1. The van der Waals surface area contributed by atoms with Crippen molar-refractivity contribution in [1.82, 2.24) is 10.3 Å². The lowest BCUT2D eigenvalue weighted by Crippen LogP contribution is -2.33. The van der Waals surface area contributed by atoms with E-state index in [0.717, 1.165) is 18.7 Å². The molecular formula is C19H31N3O3. The molecule has 25 heavy (non-hydrogen) atoms. The number of nitrogens with zero attached hydrogens (tertiary/aromatic N) is 1. The molecule has 1 atom stereocenters. The molecule has 0 radical (unpaired) electrons. The number of carbonyl (C=O) groups excluding carboxylic acids is 2. The van der Waals surface area contributed by atoms with E-state index in [-0.39, 0.29) is 5.78 Å². The molecule has 0 aliphatic rings. The highest BCUT2D eigenvalue weighted by molar-refractivity contribution is 5.95. The summed E-state index contributed by atoms with van der Waals surface area (Å²) >= 11 is 0. The largest absolute Gasteiger partial charge is 0.444 e. The van der Waals surface area contributed by atoms with Gasteiger partial charge in [0.15, 0.2) is 5.78 Å². The van der Waals surface area contributed by atoms with E-state index in [9.17, 15) is 9.59 Å². The molecule has 0 fully saturated rings. The number of aromatic nitrogens is 1. The summed E-state index contributed by atoms with van der Waals surface area (Å²) in [6, 6.07) is 3.99. The maximum Gasteiger partial charge on any atom is 0.407 e. The molecule has 1 aromatic rings. The minimum absolute atomic E-state index is 0.0693. The molecule has 1 amide bonds. The van der Waals surface area contributed by atoms with Crippen LogP contribution in [-0.2, 0) is 4.74 Å². The highest BCUT2D eigenvalue weighted by Crippen LogP contribution is 2.11. The molecule has 0 spiro atoms. The minimum atomic E-state index is -0.497. The van der Waals surface area contributed by atoms with Crippen molar-refractivity contribution < 1.29 is 14.3 Å². The number of carbonyl (C=O) groups is 2. The molecule has 0 saturated carbocycles. The second kappa shape index (κ2) is 10.0. The van der Waals surface area contributed by atoms with Crippen LogP contribution in [-0.4, -0.2) is 35.0 Å². The summed E-state index contributed by atoms with van der Waals surface area (Å²) in [7, 11) is 0. The highest BCUT2D eigenvalue weighted by Gasteiger charge is 2.15. The van der Waals surface area contributed by atoms with Crippen LogP contribution in [0.3, 0.4) is 0 Å². The van der Waals surface area contributed by atoms with E-state index in [0.29, 0.717) is 31.0 Å². The predicted molar refractivity (Wildman–Crippen MR) is 100 cm³/mol. The molecule has 1 aromatic heterocycles. The average molecular weight is 349 g/mol. The smallest absolute Gasteiger partial charge is 0.407 e. The highest BCUT2D eigenvalue weighted by atomic mass is 16.6. The maximum atomic E-state index is 12.1. The lowest BCUT2D eigenvalue weighted by Gasteiger charge is -2.19. The number of ether oxygens (including phenoxy) is 1. The molecule has 0 unspecified atom stereocenters. The zero-order valence-corrected chi connectivity index (χ0v) is 16.0. The monoisotopic (exact) mass is 349 g/mol. The van der Waals surface area contributed by atoms with Crippen LogP contribution in [0.15, 0.2) is 18.3 Å². The summed E-state index contributed by atoms with van der Waals surface area (Å²) in [5.74, 6) is 0.854. The van der Waals surface area contributed by atoms with E-state index in [4.69, 9.17) is 4.74 Å². The van der Waals surface area contributed by atoms with Gasteiger partial charge >= 0.3 is 6.09 Å². The van der Waals surface area contributed by atoms with Crippen molar-refractivity contribution >= 4 is 17.7 Å². The molecule has 0 aromatic carbocycles. The molecule has 1 heterocycles. The first-order valence-corrected chi connectivity index (χ1v) is 8.94. The van der Waals surface area contributed by atoms with Crippen LogP contribution in [0.1, 0.15) is 70.7 Å². The van der Waals surface area contributed by atoms with Gasteiger partial charge in [0.25, 0.3) is 0 Å². The van der Waals surface area contributed by atoms with Crippen molar-refractivity contribution in [3.63, 3.8) is 0 Å². The fraction of sp³-hybridized carbons (Fsp3) is 0.632. The normalized spacial score (nSPS) is 12.4. The van der Waals surface area contributed by atoms with Crippen LogP contribution >= 0.6 is 0 Å². The summed E-state index contributed by atoms with van der Waals surface area (Å²) in [5.41, 5.74) is 0.123. The fourth-order valence-corrected chi connectivity index (χ4v) is 2.06. The van der Waals surface area contributed by atoms with Gasteiger partial charge in [0.05, 0.1) is 0 Å². The van der Waals surface area contributed by atoms with Crippen molar-refractivity contribution in [2.45, 2.75) is 71.9 Å². The molecule has 140 valence electrons. The zero-order valence-electron chi connectivity index (χ0n) is 16.0. The maximum absolute atomic E-state index is 12.1. The number of pyridine rings is 1. The summed E-state index contributed by atoms with van der Waals surface area (Å²) in [4.78, 5) is 27.9. The first-order chi connectivity index (χ1) is 11.7. The number of alkyl carbamates (subject to hydrolysis) is 1. The van der Waals surface area contributed by atoms with Gasteiger partial charge in [0, 0.05) is 30.8 Å². The molecule has 2 N–H and O–H groups in total. The molecule has 0 aliphatic heterocycles. The van der Waals surface area contributed by atoms with Gasteiger partial charge in [-0.25, -0.2) is 9.78 Å². The SMILES string of the molecule is CC[C@H](C)Nc1ccc(C(=O)CCCCNC(=O)OC(C)(C)C)cn1. The van der Waals surface area contributed by atoms with Gasteiger partial charge in [-0.2, -0.15) is 0 Å². The Hall–Kier alpha value is -2.11. The number of unbranched alkanes of at least 4 members (excludes halogenated alkanes) is 1. The molecule has 0 bridgehead atoms. The van der Waals surface area contributed by atoms with Gasteiger partial charge in [0.1, 0.15) is 11.4 Å². The Morgan fingerprint density at radius 2 is 1.96 bits per heavy atom. The number of Topliss-reactive ketones (excluding diaryl/α,β-unsaturated/α-hetero) is 1. The summed E-state index contributed by atoms with van der Waals surface area (Å²) in [5, 5.41) is 5.96. The Bertz CT molecular complexity index is 550. The van der Waals surface area contributed by atoms with Crippen LogP contribution in [0, 0.1) is 0 Å². The van der Waals surface area contributed by atoms with Crippen LogP contribution in [0.5, 0.6) is 0 Å². The Morgan fingerprint density at radius 3 is 2.52 bits per heavy atom. The molecule has 1 rings (SSSR count). The van der Waals surface area contributed by atoms with Gasteiger partial charge in [-0.3, -0.25) is 4.79 Å². The lowest BCUT2D eigenvalue weighted by atomic mass is 10.1. The van der Waals surface area contributed by atoms with Crippen molar-refractivity contribution in [2.75, 3.05) is 11.9 Å². The van der Waals surface area contributed by atoms with Crippen molar-refractivity contribution in [1.29, 1.82) is 0 Å². The molecule has 0 saturated heterocycles. The van der Waals surface area contributed by atoms with E-state index < -0.39 is 11.7 Å².